The number of nitrogens with two attached hydrogens (primary N) is 1. The lowest BCUT2D eigenvalue weighted by molar-refractivity contribution is -0.132. The second-order valence-corrected chi connectivity index (χ2v) is 6.81. The molecule has 8 heteroatoms. The second-order valence-electron chi connectivity index (χ2n) is 6.81. The van der Waals surface area contributed by atoms with Crippen molar-refractivity contribution >= 4 is 29.8 Å². The Labute approximate surface area is 150 Å². The van der Waals surface area contributed by atoms with E-state index in [1.807, 2.05) is 0 Å². The molecule has 0 atom stereocenters. The lowest BCUT2D eigenvalue weighted by atomic mass is 9.95. The molecule has 1 aromatic carbocycles. The average Bonchev–Trinajstić information content (AvgIpc) is 3.32. The van der Waals surface area contributed by atoms with Crippen molar-refractivity contribution in [3.05, 3.63) is 35.0 Å². The minimum absolute atomic E-state index is 0. The van der Waals surface area contributed by atoms with Crippen LogP contribution in [0, 0.1) is 17.6 Å². The molecule has 136 valence electrons. The molecule has 2 fully saturated rings. The summed E-state index contributed by atoms with van der Waals surface area (Å²) in [5.74, 6) is -2.01. The summed E-state index contributed by atoms with van der Waals surface area (Å²) in [7, 11) is 0. The summed E-state index contributed by atoms with van der Waals surface area (Å²) in [6, 6.07) is 1.38. The molecule has 1 saturated heterocycles. The van der Waals surface area contributed by atoms with E-state index in [4.69, 9.17) is 5.73 Å². The van der Waals surface area contributed by atoms with Crippen molar-refractivity contribution in [1.29, 1.82) is 0 Å². The summed E-state index contributed by atoms with van der Waals surface area (Å²) in [6.45, 7) is 1.59. The third kappa shape index (κ3) is 2.95. The Morgan fingerprint density at radius 3 is 2.52 bits per heavy atom. The molecule has 5 nitrogen and oxygen atoms in total. The fraction of sp³-hybridized carbons (Fsp3) is 0.471. The first-order valence-corrected chi connectivity index (χ1v) is 8.17. The Hall–Kier alpha value is -1.86. The predicted octanol–water partition coefficient (Wildman–Crippen LogP) is 2.27. The van der Waals surface area contributed by atoms with Gasteiger partial charge in [-0.3, -0.25) is 0 Å². The van der Waals surface area contributed by atoms with Crippen molar-refractivity contribution in [3.8, 4) is 0 Å². The van der Waals surface area contributed by atoms with Gasteiger partial charge in [-0.2, -0.15) is 0 Å². The molecule has 3 aliphatic rings. The summed E-state index contributed by atoms with van der Waals surface area (Å²) in [4.78, 5) is 14.7. The standard InChI is InChI=1S/C17H19F2N3O2.ClH/c18-13-4-10-3-11(17(23)24)8-22(12-1-2-12)15(10)14(19)16(13)21-6-9(5-20)7-21;/h4,8-9,12H,1-3,5-7,20H2,(H,23,24);1H. The Bertz CT molecular complexity index is 746. The summed E-state index contributed by atoms with van der Waals surface area (Å²) >= 11 is 0. The van der Waals surface area contributed by atoms with Gasteiger partial charge < -0.3 is 20.6 Å². The zero-order valence-electron chi connectivity index (χ0n) is 13.5. The predicted molar refractivity (Wildman–Crippen MR) is 93.3 cm³/mol. The Balaban J connectivity index is 0.00000182. The van der Waals surface area contributed by atoms with E-state index in [9.17, 15) is 14.3 Å². The zero-order valence-corrected chi connectivity index (χ0v) is 14.4. The number of nitrogens with zero attached hydrogens (tertiary/aromatic N) is 2. The van der Waals surface area contributed by atoms with E-state index in [0.717, 1.165) is 12.8 Å². The summed E-state index contributed by atoms with van der Waals surface area (Å²) in [6.07, 6.45) is 3.31. The van der Waals surface area contributed by atoms with Crippen molar-refractivity contribution in [1.82, 2.24) is 0 Å². The SMILES string of the molecule is Cl.NCC1CN(c2c(F)cc3c(c2F)N(C2CC2)C=C(C(=O)O)C3)C1. The first-order valence-electron chi connectivity index (χ1n) is 8.17. The second kappa shape index (κ2) is 6.46. The van der Waals surface area contributed by atoms with Crippen molar-refractivity contribution in [3.63, 3.8) is 0 Å². The number of hydrogen-bond donors (Lipinski definition) is 2. The van der Waals surface area contributed by atoms with Gasteiger partial charge in [0, 0.05) is 37.7 Å². The number of benzene rings is 1. The van der Waals surface area contributed by atoms with Crippen molar-refractivity contribution in [2.45, 2.75) is 25.3 Å². The summed E-state index contributed by atoms with van der Waals surface area (Å²) in [5, 5.41) is 9.27. The molecule has 25 heavy (non-hydrogen) atoms. The minimum atomic E-state index is -1.05. The molecule has 1 aliphatic carbocycles. The lowest BCUT2D eigenvalue weighted by Gasteiger charge is -2.41. The van der Waals surface area contributed by atoms with Crippen LogP contribution in [0.5, 0.6) is 0 Å². The van der Waals surface area contributed by atoms with Crippen molar-refractivity contribution < 1.29 is 18.7 Å². The number of halogens is 3. The van der Waals surface area contributed by atoms with Gasteiger partial charge in [0.2, 0.25) is 0 Å². The van der Waals surface area contributed by atoms with Crippen LogP contribution in [0.15, 0.2) is 17.8 Å². The van der Waals surface area contributed by atoms with E-state index in [0.29, 0.717) is 30.9 Å². The zero-order chi connectivity index (χ0) is 17.0. The van der Waals surface area contributed by atoms with Gasteiger partial charge in [-0.25, -0.2) is 13.6 Å². The fourth-order valence-corrected chi connectivity index (χ4v) is 3.51. The molecule has 2 heterocycles. The largest absolute Gasteiger partial charge is 0.478 e. The van der Waals surface area contributed by atoms with Gasteiger partial charge in [-0.15, -0.1) is 12.4 Å². The van der Waals surface area contributed by atoms with E-state index < -0.39 is 17.6 Å². The highest BCUT2D eigenvalue weighted by Crippen LogP contribution is 2.44. The number of aliphatic carboxylic acids is 1. The molecule has 0 unspecified atom stereocenters. The third-order valence-corrected chi connectivity index (χ3v) is 5.00. The number of fused-ring (bicyclic) bond motifs is 1. The van der Waals surface area contributed by atoms with Crippen LogP contribution in [0.1, 0.15) is 18.4 Å². The molecule has 0 radical (unpaired) electrons. The van der Waals surface area contributed by atoms with Crippen LogP contribution in [0.25, 0.3) is 0 Å². The van der Waals surface area contributed by atoms with Gasteiger partial charge in [-0.1, -0.05) is 0 Å². The number of carboxylic acids is 1. The van der Waals surface area contributed by atoms with E-state index in [2.05, 4.69) is 0 Å². The van der Waals surface area contributed by atoms with Crippen LogP contribution < -0.4 is 15.5 Å². The first-order chi connectivity index (χ1) is 11.5. The lowest BCUT2D eigenvalue weighted by Crippen LogP contribution is -2.50. The molecule has 0 spiro atoms. The van der Waals surface area contributed by atoms with Gasteiger partial charge in [0.15, 0.2) is 5.82 Å². The topological polar surface area (TPSA) is 69.8 Å². The smallest absolute Gasteiger partial charge is 0.333 e. The molecule has 0 bridgehead atoms. The number of hydrogen-bond acceptors (Lipinski definition) is 4. The molecule has 4 rings (SSSR count). The quantitative estimate of drug-likeness (QED) is 0.849. The number of anilines is 2. The highest BCUT2D eigenvalue weighted by atomic mass is 35.5. The number of carboxylic acid groups (broad SMARTS) is 1. The van der Waals surface area contributed by atoms with E-state index in [1.165, 1.54) is 12.3 Å². The van der Waals surface area contributed by atoms with E-state index in [1.54, 1.807) is 9.80 Å². The monoisotopic (exact) mass is 371 g/mol. The highest BCUT2D eigenvalue weighted by molar-refractivity contribution is 5.90. The Kier molecular flexibility index (Phi) is 4.64. The van der Waals surface area contributed by atoms with Crippen molar-refractivity contribution in [2.24, 2.45) is 11.7 Å². The van der Waals surface area contributed by atoms with Gasteiger partial charge in [0.05, 0.1) is 11.3 Å². The van der Waals surface area contributed by atoms with Crippen LogP contribution in [0.4, 0.5) is 20.2 Å². The molecule has 3 N–H and O–H groups in total. The van der Waals surface area contributed by atoms with Crippen LogP contribution in [0.2, 0.25) is 0 Å². The van der Waals surface area contributed by atoms with Crippen molar-refractivity contribution in [2.75, 3.05) is 29.4 Å². The maximum absolute atomic E-state index is 15.2. The van der Waals surface area contributed by atoms with Crippen LogP contribution in [-0.2, 0) is 11.2 Å². The van der Waals surface area contributed by atoms with Gasteiger partial charge in [0.1, 0.15) is 11.5 Å². The minimum Gasteiger partial charge on any atom is -0.478 e. The molecule has 0 aromatic heterocycles. The first kappa shape index (κ1) is 17.9. The third-order valence-electron chi connectivity index (χ3n) is 5.00. The highest BCUT2D eigenvalue weighted by Gasteiger charge is 2.38. The normalized spacial score (nSPS) is 19.7. The van der Waals surface area contributed by atoms with Crippen LogP contribution in [-0.4, -0.2) is 36.8 Å². The van der Waals surface area contributed by atoms with Gasteiger partial charge in [-0.05, 0) is 31.0 Å². The molecular weight excluding hydrogens is 352 g/mol. The molecule has 0 amide bonds. The number of rotatable bonds is 4. The Morgan fingerprint density at radius 2 is 1.96 bits per heavy atom. The molecule has 1 saturated carbocycles. The maximum atomic E-state index is 15.2. The fourth-order valence-electron chi connectivity index (χ4n) is 3.51. The number of carbonyl (C=O) groups is 1. The summed E-state index contributed by atoms with van der Waals surface area (Å²) < 4.78 is 29.7. The average molecular weight is 372 g/mol. The summed E-state index contributed by atoms with van der Waals surface area (Å²) in [5.41, 5.74) is 6.46. The van der Waals surface area contributed by atoms with Gasteiger partial charge in [0.25, 0.3) is 0 Å². The van der Waals surface area contributed by atoms with E-state index >= 15 is 4.39 Å². The van der Waals surface area contributed by atoms with Crippen LogP contribution >= 0.6 is 12.4 Å². The van der Waals surface area contributed by atoms with Gasteiger partial charge >= 0.3 is 5.97 Å². The maximum Gasteiger partial charge on any atom is 0.333 e. The molecule has 2 aliphatic heterocycles. The van der Waals surface area contributed by atoms with Crippen LogP contribution in [0.3, 0.4) is 0 Å². The van der Waals surface area contributed by atoms with E-state index in [-0.39, 0.29) is 42.0 Å². The Morgan fingerprint density at radius 1 is 1.28 bits per heavy atom. The molecular formula is C17H20ClF2N3O2. The molecule has 1 aromatic rings.